The van der Waals surface area contributed by atoms with Crippen LogP contribution >= 0.6 is 0 Å². The SMILES string of the molecule is CCCCCC(CCC)C(=O)Oc1ccccc1C(F)(F)F. The van der Waals surface area contributed by atoms with E-state index in [0.29, 0.717) is 12.8 Å². The number of benzene rings is 1. The Morgan fingerprint density at radius 3 is 2.36 bits per heavy atom. The van der Waals surface area contributed by atoms with Gasteiger partial charge in [-0.3, -0.25) is 4.79 Å². The summed E-state index contributed by atoms with van der Waals surface area (Å²) in [6.07, 6.45) is 0.492. The highest BCUT2D eigenvalue weighted by molar-refractivity contribution is 5.75. The Morgan fingerprint density at radius 1 is 1.09 bits per heavy atom. The molecule has 0 amide bonds. The molecule has 1 unspecified atom stereocenters. The summed E-state index contributed by atoms with van der Waals surface area (Å²) in [5.41, 5.74) is -0.910. The molecule has 1 aromatic carbocycles. The van der Waals surface area contributed by atoms with Crippen molar-refractivity contribution in [1.29, 1.82) is 0 Å². The van der Waals surface area contributed by atoms with Crippen LogP contribution in [0.3, 0.4) is 0 Å². The minimum atomic E-state index is -4.53. The molecule has 0 bridgehead atoms. The molecule has 22 heavy (non-hydrogen) atoms. The van der Waals surface area contributed by atoms with E-state index in [2.05, 4.69) is 6.92 Å². The Labute approximate surface area is 129 Å². The van der Waals surface area contributed by atoms with Crippen LogP contribution in [-0.4, -0.2) is 5.97 Å². The highest BCUT2D eigenvalue weighted by atomic mass is 19.4. The van der Waals surface area contributed by atoms with Crippen molar-refractivity contribution < 1.29 is 22.7 Å². The van der Waals surface area contributed by atoms with Crippen LogP contribution in [-0.2, 0) is 11.0 Å². The Bertz CT molecular complexity index is 469. The van der Waals surface area contributed by atoms with Crippen molar-refractivity contribution in [1.82, 2.24) is 0 Å². The Hall–Kier alpha value is -1.52. The number of carbonyl (C=O) groups is 1. The lowest BCUT2D eigenvalue weighted by Gasteiger charge is -2.17. The smallest absolute Gasteiger partial charge is 0.419 e. The summed E-state index contributed by atoms with van der Waals surface area (Å²) in [7, 11) is 0. The predicted molar refractivity (Wildman–Crippen MR) is 79.6 cm³/mol. The van der Waals surface area contributed by atoms with Gasteiger partial charge in [-0.15, -0.1) is 0 Å². The number of halogens is 3. The number of para-hydroxylation sites is 1. The fraction of sp³-hybridized carbons (Fsp3) is 0.588. The molecule has 5 heteroatoms. The predicted octanol–water partition coefficient (Wildman–Crippen LogP) is 5.61. The van der Waals surface area contributed by atoms with E-state index < -0.39 is 23.5 Å². The van der Waals surface area contributed by atoms with Crippen molar-refractivity contribution in [3.63, 3.8) is 0 Å². The summed E-state index contributed by atoms with van der Waals surface area (Å²) in [5, 5.41) is 0. The van der Waals surface area contributed by atoms with Gasteiger partial charge in [0.25, 0.3) is 0 Å². The lowest BCUT2D eigenvalue weighted by molar-refractivity contribution is -0.144. The minimum absolute atomic E-state index is 0.335. The Kier molecular flexibility index (Phi) is 7.42. The molecule has 124 valence electrons. The maximum atomic E-state index is 12.9. The Balaban J connectivity index is 2.81. The van der Waals surface area contributed by atoms with E-state index in [9.17, 15) is 18.0 Å². The largest absolute Gasteiger partial charge is 0.426 e. The lowest BCUT2D eigenvalue weighted by atomic mass is 9.96. The summed E-state index contributed by atoms with van der Waals surface area (Å²) >= 11 is 0. The summed E-state index contributed by atoms with van der Waals surface area (Å²) in [6.45, 7) is 4.01. The van der Waals surface area contributed by atoms with E-state index in [1.165, 1.54) is 18.2 Å². The van der Waals surface area contributed by atoms with Gasteiger partial charge in [-0.1, -0.05) is 51.7 Å². The standard InChI is InChI=1S/C17H23F3O2/c1-3-5-6-10-13(9-4-2)16(21)22-15-12-8-7-11-14(15)17(18,19)20/h7-8,11-13H,3-6,9-10H2,1-2H3. The highest BCUT2D eigenvalue weighted by Crippen LogP contribution is 2.36. The molecule has 0 aromatic heterocycles. The second-order valence-electron chi connectivity index (χ2n) is 5.40. The third kappa shape index (κ3) is 5.70. The van der Waals surface area contributed by atoms with Crippen molar-refractivity contribution in [2.24, 2.45) is 5.92 Å². The first-order valence-corrected chi connectivity index (χ1v) is 7.78. The van der Waals surface area contributed by atoms with Crippen LogP contribution < -0.4 is 4.74 Å². The van der Waals surface area contributed by atoms with Crippen LogP contribution in [0.2, 0.25) is 0 Å². The molecular formula is C17H23F3O2. The first-order chi connectivity index (χ1) is 10.4. The first-order valence-electron chi connectivity index (χ1n) is 7.78. The molecule has 2 nitrogen and oxygen atoms in total. The van der Waals surface area contributed by atoms with Gasteiger partial charge in [-0.2, -0.15) is 13.2 Å². The zero-order valence-corrected chi connectivity index (χ0v) is 13.1. The van der Waals surface area contributed by atoms with Crippen molar-refractivity contribution >= 4 is 5.97 Å². The number of alkyl halides is 3. The molecule has 0 aliphatic rings. The van der Waals surface area contributed by atoms with Crippen LogP contribution in [0.1, 0.15) is 57.9 Å². The normalized spacial score (nSPS) is 13.0. The summed E-state index contributed by atoms with van der Waals surface area (Å²) < 4.78 is 43.8. The number of esters is 1. The number of ether oxygens (including phenoxy) is 1. The van der Waals surface area contributed by atoms with Gasteiger partial charge in [0.15, 0.2) is 0 Å². The van der Waals surface area contributed by atoms with Gasteiger partial charge in [0, 0.05) is 0 Å². The van der Waals surface area contributed by atoms with Gasteiger partial charge in [-0.25, -0.2) is 0 Å². The van der Waals surface area contributed by atoms with E-state index in [1.54, 1.807) is 0 Å². The highest BCUT2D eigenvalue weighted by Gasteiger charge is 2.35. The second-order valence-corrected chi connectivity index (χ2v) is 5.40. The summed E-state index contributed by atoms with van der Waals surface area (Å²) in [5.74, 6) is -1.30. The topological polar surface area (TPSA) is 26.3 Å². The second kappa shape index (κ2) is 8.81. The third-order valence-electron chi connectivity index (χ3n) is 3.53. The third-order valence-corrected chi connectivity index (χ3v) is 3.53. The van der Waals surface area contributed by atoms with Crippen LogP contribution in [0.25, 0.3) is 0 Å². The molecule has 0 aliphatic heterocycles. The molecule has 0 radical (unpaired) electrons. The zero-order chi connectivity index (χ0) is 16.6. The van der Waals surface area contributed by atoms with Crippen molar-refractivity contribution in [3.05, 3.63) is 29.8 Å². The van der Waals surface area contributed by atoms with Gasteiger partial charge in [0.2, 0.25) is 0 Å². The number of rotatable bonds is 8. The van der Waals surface area contributed by atoms with Crippen molar-refractivity contribution in [2.75, 3.05) is 0 Å². The molecule has 0 aliphatic carbocycles. The van der Waals surface area contributed by atoms with Gasteiger partial charge in [0.1, 0.15) is 5.75 Å². The van der Waals surface area contributed by atoms with E-state index in [0.717, 1.165) is 31.7 Å². The number of unbranched alkanes of at least 4 members (excludes halogenated alkanes) is 2. The molecule has 0 fully saturated rings. The average molecular weight is 316 g/mol. The van der Waals surface area contributed by atoms with Crippen LogP contribution in [0, 0.1) is 5.92 Å². The van der Waals surface area contributed by atoms with E-state index >= 15 is 0 Å². The van der Waals surface area contributed by atoms with Crippen LogP contribution in [0.4, 0.5) is 13.2 Å². The van der Waals surface area contributed by atoms with Crippen molar-refractivity contribution in [2.45, 2.75) is 58.5 Å². The van der Waals surface area contributed by atoms with E-state index in [-0.39, 0.29) is 5.92 Å². The fourth-order valence-electron chi connectivity index (χ4n) is 2.35. The molecule has 0 saturated carbocycles. The molecule has 1 aromatic rings. The Morgan fingerprint density at radius 2 is 1.77 bits per heavy atom. The first kappa shape index (κ1) is 18.5. The minimum Gasteiger partial charge on any atom is -0.426 e. The van der Waals surface area contributed by atoms with Crippen LogP contribution in [0.5, 0.6) is 5.75 Å². The lowest BCUT2D eigenvalue weighted by Crippen LogP contribution is -2.22. The van der Waals surface area contributed by atoms with Gasteiger partial charge < -0.3 is 4.74 Å². The fourth-order valence-corrected chi connectivity index (χ4v) is 2.35. The summed E-state index contributed by atoms with van der Waals surface area (Å²) in [6, 6.07) is 4.83. The summed E-state index contributed by atoms with van der Waals surface area (Å²) in [4.78, 5) is 12.2. The number of hydrogen-bond donors (Lipinski definition) is 0. The quantitative estimate of drug-likeness (QED) is 0.354. The van der Waals surface area contributed by atoms with Crippen molar-refractivity contribution in [3.8, 4) is 5.75 Å². The van der Waals surface area contributed by atoms with Crippen LogP contribution in [0.15, 0.2) is 24.3 Å². The maximum Gasteiger partial charge on any atom is 0.419 e. The molecule has 1 atom stereocenters. The number of hydrogen-bond acceptors (Lipinski definition) is 2. The van der Waals surface area contributed by atoms with E-state index in [1.807, 2.05) is 6.92 Å². The molecule has 0 N–H and O–H groups in total. The molecule has 1 rings (SSSR count). The molecule has 0 heterocycles. The average Bonchev–Trinajstić information content (AvgIpc) is 2.46. The van der Waals surface area contributed by atoms with E-state index in [4.69, 9.17) is 4.74 Å². The molecular weight excluding hydrogens is 293 g/mol. The van der Waals surface area contributed by atoms with Gasteiger partial charge in [-0.05, 0) is 25.0 Å². The van der Waals surface area contributed by atoms with Gasteiger partial charge >= 0.3 is 12.1 Å². The zero-order valence-electron chi connectivity index (χ0n) is 13.1. The van der Waals surface area contributed by atoms with Gasteiger partial charge in [0.05, 0.1) is 11.5 Å². The molecule has 0 spiro atoms. The molecule has 0 saturated heterocycles. The maximum absolute atomic E-state index is 12.9. The number of carbonyl (C=O) groups excluding carboxylic acids is 1. The monoisotopic (exact) mass is 316 g/mol.